The number of methoxy groups -OCH3 is 1. The van der Waals surface area contributed by atoms with Crippen LogP contribution in [0.3, 0.4) is 0 Å². The van der Waals surface area contributed by atoms with Crippen LogP contribution in [-0.4, -0.2) is 67.8 Å². The van der Waals surface area contributed by atoms with Crippen molar-refractivity contribution in [1.29, 1.82) is 0 Å². The minimum Gasteiger partial charge on any atom is -0.479 e. The quantitative estimate of drug-likeness (QED) is 0.540. The van der Waals surface area contributed by atoms with Crippen LogP contribution in [0.5, 0.6) is 5.88 Å². The molecule has 1 fully saturated rings. The third kappa shape index (κ3) is 3.39. The molecule has 1 saturated heterocycles. The van der Waals surface area contributed by atoms with Gasteiger partial charge in [-0.15, -0.1) is 5.10 Å². The molecule has 0 spiro atoms. The molecular formula is C21H20FN7O2. The average molecular weight is 421 g/mol. The van der Waals surface area contributed by atoms with E-state index in [0.29, 0.717) is 11.4 Å². The van der Waals surface area contributed by atoms with Crippen LogP contribution >= 0.6 is 0 Å². The highest BCUT2D eigenvalue weighted by atomic mass is 19.1. The van der Waals surface area contributed by atoms with Gasteiger partial charge in [-0.3, -0.25) is 14.8 Å². The van der Waals surface area contributed by atoms with Crippen LogP contribution in [0.25, 0.3) is 27.7 Å². The predicted octanol–water partition coefficient (Wildman–Crippen LogP) is 2.33. The summed E-state index contributed by atoms with van der Waals surface area (Å²) in [5.74, 6) is 0.429. The Morgan fingerprint density at radius 2 is 2.00 bits per heavy atom. The molecular weight excluding hydrogens is 401 g/mol. The lowest BCUT2D eigenvalue weighted by molar-refractivity contribution is -0.128. The molecule has 4 heterocycles. The number of fused-ring (bicyclic) bond motifs is 2. The second-order valence-electron chi connectivity index (χ2n) is 7.42. The summed E-state index contributed by atoms with van der Waals surface area (Å²) in [6, 6.07) is 7.15. The van der Waals surface area contributed by atoms with Gasteiger partial charge in [0.05, 0.1) is 30.7 Å². The van der Waals surface area contributed by atoms with Crippen LogP contribution in [-0.2, 0) is 4.79 Å². The summed E-state index contributed by atoms with van der Waals surface area (Å²) >= 11 is 0. The number of aromatic nitrogens is 5. The van der Waals surface area contributed by atoms with Gasteiger partial charge in [0, 0.05) is 37.6 Å². The smallest absolute Gasteiger partial charge is 0.244 e. The third-order valence-corrected chi connectivity index (χ3v) is 5.46. The van der Waals surface area contributed by atoms with E-state index in [2.05, 4.69) is 25.4 Å². The Bertz CT molecular complexity index is 1290. The predicted molar refractivity (Wildman–Crippen MR) is 113 cm³/mol. The third-order valence-electron chi connectivity index (χ3n) is 5.46. The summed E-state index contributed by atoms with van der Waals surface area (Å²) in [5.41, 5.74) is 4.08. The largest absolute Gasteiger partial charge is 0.479 e. The Kier molecular flexibility index (Phi) is 4.61. The van der Waals surface area contributed by atoms with Crippen molar-refractivity contribution >= 4 is 28.4 Å². The number of carbonyl (C=O) groups excluding carboxylic acids is 1. The van der Waals surface area contributed by atoms with Crippen molar-refractivity contribution < 1.29 is 13.9 Å². The van der Waals surface area contributed by atoms with Crippen molar-refractivity contribution in [3.63, 3.8) is 0 Å². The van der Waals surface area contributed by atoms with Crippen molar-refractivity contribution in [2.45, 2.75) is 19.1 Å². The van der Waals surface area contributed by atoms with E-state index in [9.17, 15) is 9.18 Å². The number of rotatable bonds is 4. The van der Waals surface area contributed by atoms with Crippen molar-refractivity contribution in [1.82, 2.24) is 29.5 Å². The minimum atomic E-state index is -1.20. The zero-order chi connectivity index (χ0) is 21.5. The standard InChI is InChI=1S/C21H20FN7O2/c1-12(30)28-10-15(22)18(11-28)25-21-26-20(31-2)19-14(5-8-29(19)27-21)13-3-4-16-17(9-13)24-7-6-23-16/h3-9,15,18H,10-11H2,1-2H3,(H,25,27)/t15-,18+/m0/s1. The SMILES string of the molecule is COc1nc(N[C@@H]2CN(C(C)=O)C[C@@H]2F)nn2ccc(-c3ccc4nccnc4c3)c12. The van der Waals surface area contributed by atoms with Gasteiger partial charge in [-0.2, -0.15) is 4.98 Å². The summed E-state index contributed by atoms with van der Waals surface area (Å²) < 4.78 is 21.5. The molecule has 0 saturated carbocycles. The van der Waals surface area contributed by atoms with Gasteiger partial charge in [0.25, 0.3) is 0 Å². The van der Waals surface area contributed by atoms with Gasteiger partial charge in [-0.25, -0.2) is 8.91 Å². The monoisotopic (exact) mass is 421 g/mol. The average Bonchev–Trinajstić information content (AvgIpc) is 3.37. The number of nitrogens with one attached hydrogen (secondary N) is 1. The molecule has 0 aliphatic carbocycles. The number of likely N-dealkylation sites (tertiary alicyclic amines) is 1. The topological polar surface area (TPSA) is 97.5 Å². The lowest BCUT2D eigenvalue weighted by atomic mass is 10.1. The summed E-state index contributed by atoms with van der Waals surface area (Å²) in [6.45, 7) is 1.75. The second kappa shape index (κ2) is 7.46. The van der Waals surface area contributed by atoms with Crippen LogP contribution < -0.4 is 10.1 Å². The van der Waals surface area contributed by atoms with Crippen molar-refractivity contribution in [3.8, 4) is 17.0 Å². The van der Waals surface area contributed by atoms with Crippen molar-refractivity contribution in [3.05, 3.63) is 42.9 Å². The number of halogens is 1. The summed E-state index contributed by atoms with van der Waals surface area (Å²) in [5, 5.41) is 7.48. The van der Waals surface area contributed by atoms with E-state index in [1.807, 2.05) is 24.3 Å². The molecule has 1 aliphatic rings. The number of nitrogens with zero attached hydrogens (tertiary/aromatic N) is 6. The normalized spacial score (nSPS) is 18.6. The van der Waals surface area contributed by atoms with E-state index in [0.717, 1.165) is 22.2 Å². The zero-order valence-corrected chi connectivity index (χ0v) is 17.0. The molecule has 2 atom stereocenters. The molecule has 0 unspecified atom stereocenters. The molecule has 1 aliphatic heterocycles. The summed E-state index contributed by atoms with van der Waals surface area (Å²) in [6.07, 6.45) is 3.90. The number of alkyl halides is 1. The molecule has 0 bridgehead atoms. The Morgan fingerprint density at radius 1 is 1.19 bits per heavy atom. The number of anilines is 1. The highest BCUT2D eigenvalue weighted by Crippen LogP contribution is 2.32. The van der Waals surface area contributed by atoms with E-state index >= 15 is 0 Å². The minimum absolute atomic E-state index is 0.0604. The first-order chi connectivity index (χ1) is 15.0. The molecule has 0 radical (unpaired) electrons. The van der Waals surface area contributed by atoms with Crippen LogP contribution in [0.4, 0.5) is 10.3 Å². The van der Waals surface area contributed by atoms with Crippen LogP contribution in [0, 0.1) is 0 Å². The fraction of sp³-hybridized carbons (Fsp3) is 0.286. The Morgan fingerprint density at radius 3 is 2.74 bits per heavy atom. The van der Waals surface area contributed by atoms with E-state index < -0.39 is 12.2 Å². The first kappa shape index (κ1) is 19.2. The van der Waals surface area contributed by atoms with Crippen LogP contribution in [0.2, 0.25) is 0 Å². The number of hydrogen-bond donors (Lipinski definition) is 1. The maximum Gasteiger partial charge on any atom is 0.244 e. The molecule has 158 valence electrons. The fourth-order valence-corrected chi connectivity index (χ4v) is 3.88. The Hall–Kier alpha value is -3.82. The molecule has 10 heteroatoms. The number of benzene rings is 1. The fourth-order valence-electron chi connectivity index (χ4n) is 3.88. The van der Waals surface area contributed by atoms with Gasteiger partial charge in [0.2, 0.25) is 17.7 Å². The summed E-state index contributed by atoms with van der Waals surface area (Å²) in [4.78, 5) is 26.1. The number of amides is 1. The zero-order valence-electron chi connectivity index (χ0n) is 17.0. The first-order valence-electron chi connectivity index (χ1n) is 9.84. The van der Waals surface area contributed by atoms with E-state index in [1.54, 1.807) is 23.1 Å². The molecule has 4 aromatic rings. The molecule has 1 aromatic carbocycles. The Labute approximate surface area is 176 Å². The van der Waals surface area contributed by atoms with Crippen molar-refractivity contribution in [2.75, 3.05) is 25.5 Å². The molecule has 9 nitrogen and oxygen atoms in total. The van der Waals surface area contributed by atoms with Crippen LogP contribution in [0.15, 0.2) is 42.9 Å². The molecule has 5 rings (SSSR count). The lowest BCUT2D eigenvalue weighted by Crippen LogP contribution is -2.32. The number of ether oxygens (including phenoxy) is 1. The van der Waals surface area contributed by atoms with Crippen molar-refractivity contribution in [2.24, 2.45) is 0 Å². The van der Waals surface area contributed by atoms with E-state index in [1.165, 1.54) is 18.9 Å². The molecule has 1 N–H and O–H groups in total. The number of hydrogen-bond acceptors (Lipinski definition) is 7. The van der Waals surface area contributed by atoms with Gasteiger partial charge in [0.1, 0.15) is 11.7 Å². The van der Waals surface area contributed by atoms with Gasteiger partial charge < -0.3 is 15.0 Å². The lowest BCUT2D eigenvalue weighted by Gasteiger charge is -2.16. The maximum absolute atomic E-state index is 14.4. The van der Waals surface area contributed by atoms with E-state index in [4.69, 9.17) is 4.74 Å². The highest BCUT2D eigenvalue weighted by Gasteiger charge is 2.34. The van der Waals surface area contributed by atoms with Gasteiger partial charge in [0.15, 0.2) is 0 Å². The second-order valence-corrected chi connectivity index (χ2v) is 7.42. The Balaban J connectivity index is 1.51. The van der Waals surface area contributed by atoms with E-state index in [-0.39, 0.29) is 24.9 Å². The molecule has 1 amide bonds. The highest BCUT2D eigenvalue weighted by molar-refractivity contribution is 5.89. The van der Waals surface area contributed by atoms with Gasteiger partial charge in [-0.1, -0.05) is 6.07 Å². The first-order valence-corrected chi connectivity index (χ1v) is 9.84. The van der Waals surface area contributed by atoms with Gasteiger partial charge in [-0.05, 0) is 23.8 Å². The molecule has 3 aromatic heterocycles. The van der Waals surface area contributed by atoms with Gasteiger partial charge >= 0.3 is 0 Å². The summed E-state index contributed by atoms with van der Waals surface area (Å²) in [7, 11) is 1.53. The van der Waals surface area contributed by atoms with Crippen LogP contribution in [0.1, 0.15) is 6.92 Å². The maximum atomic E-state index is 14.4. The molecule has 31 heavy (non-hydrogen) atoms. The number of carbonyl (C=O) groups is 1.